The molecular weight excluding hydrogens is 310 g/mol. The zero-order chi connectivity index (χ0) is 16.5. The predicted molar refractivity (Wildman–Crippen MR) is 91.9 cm³/mol. The van der Waals surface area contributed by atoms with Crippen LogP contribution in [0.25, 0.3) is 0 Å². The maximum atomic E-state index is 13.0. The van der Waals surface area contributed by atoms with Crippen molar-refractivity contribution in [2.75, 3.05) is 6.26 Å². The smallest absolute Gasteiger partial charge is 0.241 e. The lowest BCUT2D eigenvalue weighted by molar-refractivity contribution is -0.125. The SMILES string of the molecule is CS(=O)(=O)C1(C(=O)NC(C2CCCC2)C2CCCC2)CCCC1. The van der Waals surface area contributed by atoms with E-state index in [1.165, 1.54) is 57.6 Å². The molecule has 3 fully saturated rings. The molecule has 3 aliphatic carbocycles. The van der Waals surface area contributed by atoms with E-state index in [-0.39, 0.29) is 11.9 Å². The van der Waals surface area contributed by atoms with Gasteiger partial charge in [0.1, 0.15) is 4.75 Å². The van der Waals surface area contributed by atoms with Crippen molar-refractivity contribution >= 4 is 15.7 Å². The quantitative estimate of drug-likeness (QED) is 0.835. The van der Waals surface area contributed by atoms with Gasteiger partial charge in [-0.25, -0.2) is 8.42 Å². The van der Waals surface area contributed by atoms with Crippen LogP contribution in [-0.2, 0) is 14.6 Å². The second kappa shape index (κ2) is 6.73. The third kappa shape index (κ3) is 3.31. The number of rotatable bonds is 5. The van der Waals surface area contributed by atoms with E-state index in [9.17, 15) is 13.2 Å². The zero-order valence-corrected chi connectivity index (χ0v) is 15.2. The minimum Gasteiger partial charge on any atom is -0.351 e. The Labute approximate surface area is 140 Å². The van der Waals surface area contributed by atoms with E-state index in [4.69, 9.17) is 0 Å². The fraction of sp³-hybridized carbons (Fsp3) is 0.944. The fourth-order valence-corrected chi connectivity index (χ4v) is 6.67. The van der Waals surface area contributed by atoms with Crippen molar-refractivity contribution in [1.29, 1.82) is 0 Å². The van der Waals surface area contributed by atoms with Gasteiger partial charge < -0.3 is 5.32 Å². The molecule has 0 aromatic carbocycles. The van der Waals surface area contributed by atoms with Gasteiger partial charge >= 0.3 is 0 Å². The van der Waals surface area contributed by atoms with Crippen LogP contribution in [0.15, 0.2) is 0 Å². The summed E-state index contributed by atoms with van der Waals surface area (Å²) >= 11 is 0. The Morgan fingerprint density at radius 1 is 0.913 bits per heavy atom. The lowest BCUT2D eigenvalue weighted by atomic mass is 9.85. The maximum Gasteiger partial charge on any atom is 0.241 e. The largest absolute Gasteiger partial charge is 0.351 e. The Morgan fingerprint density at radius 2 is 1.35 bits per heavy atom. The van der Waals surface area contributed by atoms with Crippen molar-refractivity contribution in [3.05, 3.63) is 0 Å². The van der Waals surface area contributed by atoms with Gasteiger partial charge in [-0.2, -0.15) is 0 Å². The van der Waals surface area contributed by atoms with Gasteiger partial charge in [0.25, 0.3) is 0 Å². The average Bonchev–Trinajstić information content (AvgIpc) is 3.25. The Hall–Kier alpha value is -0.580. The van der Waals surface area contributed by atoms with Crippen molar-refractivity contribution in [3.8, 4) is 0 Å². The third-order valence-electron chi connectivity index (χ3n) is 6.65. The molecule has 0 bridgehead atoms. The summed E-state index contributed by atoms with van der Waals surface area (Å²) in [4.78, 5) is 13.0. The van der Waals surface area contributed by atoms with Crippen LogP contribution in [0.4, 0.5) is 0 Å². The molecule has 23 heavy (non-hydrogen) atoms. The highest BCUT2D eigenvalue weighted by Crippen LogP contribution is 2.40. The summed E-state index contributed by atoms with van der Waals surface area (Å²) < 4.78 is 23.6. The van der Waals surface area contributed by atoms with Gasteiger partial charge in [0, 0.05) is 12.3 Å². The monoisotopic (exact) mass is 341 g/mol. The summed E-state index contributed by atoms with van der Waals surface area (Å²) in [6.45, 7) is 0. The summed E-state index contributed by atoms with van der Waals surface area (Å²) in [7, 11) is -3.37. The van der Waals surface area contributed by atoms with Crippen LogP contribution in [-0.4, -0.2) is 31.4 Å². The van der Waals surface area contributed by atoms with E-state index in [2.05, 4.69) is 5.32 Å². The number of carbonyl (C=O) groups is 1. The third-order valence-corrected chi connectivity index (χ3v) is 8.66. The van der Waals surface area contributed by atoms with Crippen molar-refractivity contribution < 1.29 is 13.2 Å². The van der Waals surface area contributed by atoms with Crippen LogP contribution in [0.5, 0.6) is 0 Å². The van der Waals surface area contributed by atoms with E-state index in [1.807, 2.05) is 0 Å². The normalized spacial score (nSPS) is 26.2. The molecule has 0 heterocycles. The summed E-state index contributed by atoms with van der Waals surface area (Å²) in [5, 5.41) is 3.27. The standard InChI is InChI=1S/C18H31NO3S/c1-23(21,22)18(12-6-7-13-18)17(20)19-16(14-8-2-3-9-14)15-10-4-5-11-15/h14-16H,2-13H2,1H3,(H,19,20). The minimum absolute atomic E-state index is 0.193. The molecule has 0 radical (unpaired) electrons. The number of nitrogens with one attached hydrogen (secondary N) is 1. The van der Waals surface area contributed by atoms with Gasteiger partial charge in [-0.3, -0.25) is 4.79 Å². The Kier molecular flexibility index (Phi) is 5.05. The second-order valence-electron chi connectivity index (χ2n) is 8.06. The van der Waals surface area contributed by atoms with E-state index >= 15 is 0 Å². The fourth-order valence-electron chi connectivity index (χ4n) is 5.25. The molecule has 0 spiro atoms. The average molecular weight is 342 g/mol. The molecule has 3 aliphatic rings. The van der Waals surface area contributed by atoms with Crippen LogP contribution in [0.3, 0.4) is 0 Å². The molecule has 0 aromatic rings. The zero-order valence-electron chi connectivity index (χ0n) is 14.4. The molecule has 1 amide bonds. The number of amides is 1. The molecule has 1 N–H and O–H groups in total. The van der Waals surface area contributed by atoms with Gasteiger partial charge in [-0.05, 0) is 50.4 Å². The predicted octanol–water partition coefficient (Wildman–Crippen LogP) is 3.21. The van der Waals surface area contributed by atoms with Gasteiger partial charge in [-0.1, -0.05) is 38.5 Å². The first kappa shape index (κ1) is 17.2. The first-order valence-electron chi connectivity index (χ1n) is 9.45. The summed E-state index contributed by atoms with van der Waals surface area (Å²) in [5.74, 6) is 0.918. The number of hydrogen-bond donors (Lipinski definition) is 1. The van der Waals surface area contributed by atoms with E-state index < -0.39 is 14.6 Å². The van der Waals surface area contributed by atoms with Crippen LogP contribution in [0, 0.1) is 11.8 Å². The topological polar surface area (TPSA) is 63.2 Å². The summed E-state index contributed by atoms with van der Waals surface area (Å²) in [5.41, 5.74) is 0. The Bertz CT molecular complexity index is 508. The van der Waals surface area contributed by atoms with Gasteiger partial charge in [0.2, 0.25) is 5.91 Å². The number of carbonyl (C=O) groups excluding carboxylic acids is 1. The van der Waals surface area contributed by atoms with Crippen LogP contribution < -0.4 is 5.32 Å². The lowest BCUT2D eigenvalue weighted by Gasteiger charge is -2.34. The summed E-state index contributed by atoms with van der Waals surface area (Å²) in [6, 6.07) is 0.201. The molecule has 0 aliphatic heterocycles. The van der Waals surface area contributed by atoms with Crippen LogP contribution in [0.1, 0.15) is 77.0 Å². The maximum absolute atomic E-state index is 13.0. The lowest BCUT2D eigenvalue weighted by Crippen LogP contribution is -2.55. The molecule has 0 aromatic heterocycles. The highest BCUT2D eigenvalue weighted by molar-refractivity contribution is 7.92. The van der Waals surface area contributed by atoms with Crippen molar-refractivity contribution in [3.63, 3.8) is 0 Å². The molecule has 4 nitrogen and oxygen atoms in total. The van der Waals surface area contributed by atoms with Crippen LogP contribution in [0.2, 0.25) is 0 Å². The Balaban J connectivity index is 1.79. The van der Waals surface area contributed by atoms with Gasteiger partial charge in [0.15, 0.2) is 9.84 Å². The van der Waals surface area contributed by atoms with Crippen molar-refractivity contribution in [2.45, 2.75) is 87.8 Å². The van der Waals surface area contributed by atoms with Crippen molar-refractivity contribution in [1.82, 2.24) is 5.32 Å². The molecule has 5 heteroatoms. The van der Waals surface area contributed by atoms with Crippen LogP contribution >= 0.6 is 0 Å². The number of hydrogen-bond acceptors (Lipinski definition) is 3. The minimum atomic E-state index is -3.37. The first-order valence-corrected chi connectivity index (χ1v) is 11.3. The molecule has 132 valence electrons. The highest BCUT2D eigenvalue weighted by Gasteiger charge is 2.51. The molecule has 0 atom stereocenters. The summed E-state index contributed by atoms with van der Waals surface area (Å²) in [6.07, 6.45) is 13.7. The second-order valence-corrected chi connectivity index (χ2v) is 10.4. The number of sulfone groups is 1. The van der Waals surface area contributed by atoms with E-state index in [0.29, 0.717) is 24.7 Å². The molecular formula is C18H31NO3S. The molecule has 0 unspecified atom stereocenters. The molecule has 3 saturated carbocycles. The molecule has 3 rings (SSSR count). The molecule has 0 saturated heterocycles. The Morgan fingerprint density at radius 3 is 1.74 bits per heavy atom. The first-order chi connectivity index (χ1) is 10.9. The van der Waals surface area contributed by atoms with Crippen molar-refractivity contribution in [2.24, 2.45) is 11.8 Å². The highest BCUT2D eigenvalue weighted by atomic mass is 32.2. The van der Waals surface area contributed by atoms with Gasteiger partial charge in [-0.15, -0.1) is 0 Å². The van der Waals surface area contributed by atoms with E-state index in [0.717, 1.165) is 12.8 Å². The van der Waals surface area contributed by atoms with E-state index in [1.54, 1.807) is 0 Å². The van der Waals surface area contributed by atoms with Gasteiger partial charge in [0.05, 0.1) is 0 Å².